The Morgan fingerprint density at radius 2 is 1.30 bits per heavy atom. The van der Waals surface area contributed by atoms with Crippen molar-refractivity contribution in [3.8, 4) is 0 Å². The Bertz CT molecular complexity index is 777. The van der Waals surface area contributed by atoms with E-state index < -0.39 is 0 Å². The quantitative estimate of drug-likeness (QED) is 0.237. The Morgan fingerprint density at radius 3 is 1.81 bits per heavy atom. The first-order valence-corrected chi connectivity index (χ1v) is 10.9. The van der Waals surface area contributed by atoms with E-state index in [0.29, 0.717) is 0 Å². The van der Waals surface area contributed by atoms with E-state index in [0.717, 1.165) is 6.42 Å². The van der Waals surface area contributed by atoms with Crippen LogP contribution in [0.3, 0.4) is 0 Å². The zero-order chi connectivity index (χ0) is 19.2. The van der Waals surface area contributed by atoms with E-state index in [1.165, 1.54) is 31.4 Å². The Morgan fingerprint density at radius 1 is 0.778 bits per heavy atom. The number of thiol groups is 1. The number of rotatable bonds is 6. The topological polar surface area (TPSA) is 0 Å². The molecular formula is C25H27S2+. The predicted molar refractivity (Wildman–Crippen MR) is 124 cm³/mol. The molecule has 2 heteroatoms. The highest BCUT2D eigenvalue weighted by molar-refractivity contribution is 7.99. The molecule has 0 N–H and O–H groups in total. The molecule has 0 radical (unpaired) electrons. The molecule has 0 fully saturated rings. The second-order valence-electron chi connectivity index (χ2n) is 5.71. The first-order chi connectivity index (χ1) is 13.3. The van der Waals surface area contributed by atoms with Gasteiger partial charge in [-0.25, -0.2) is 0 Å². The van der Waals surface area contributed by atoms with Crippen LogP contribution in [0, 0.1) is 0 Å². The molecule has 0 amide bonds. The van der Waals surface area contributed by atoms with E-state index >= 15 is 0 Å². The Kier molecular flexibility index (Phi) is 10.2. The van der Waals surface area contributed by atoms with Gasteiger partial charge in [0.25, 0.3) is 0 Å². The van der Waals surface area contributed by atoms with Gasteiger partial charge in [-0.2, -0.15) is 0 Å². The Balaban J connectivity index is 0.000000369. The normalized spacial score (nSPS) is 11.1. The van der Waals surface area contributed by atoms with Gasteiger partial charge in [-0.15, -0.1) is 0 Å². The maximum atomic E-state index is 2.29. The molecule has 0 saturated carbocycles. The molecule has 0 atom stereocenters. The SMILES string of the molecule is C/C=C\C(=C/CC)[SH+]c1ccc(Sc2ccccc2)cc1.c1ccccc1. The minimum absolute atomic E-state index is 1.08. The third-order valence-corrected chi connectivity index (χ3v) is 5.65. The van der Waals surface area contributed by atoms with E-state index in [4.69, 9.17) is 0 Å². The van der Waals surface area contributed by atoms with E-state index in [2.05, 4.69) is 86.7 Å². The molecule has 0 aliphatic rings. The molecule has 27 heavy (non-hydrogen) atoms. The van der Waals surface area contributed by atoms with Gasteiger partial charge in [0.2, 0.25) is 0 Å². The van der Waals surface area contributed by atoms with Crippen molar-refractivity contribution in [2.45, 2.75) is 35.0 Å². The molecule has 0 nitrogen and oxygen atoms in total. The van der Waals surface area contributed by atoms with E-state index in [1.807, 2.05) is 36.4 Å². The lowest BCUT2D eigenvalue weighted by Gasteiger charge is -2.01. The molecule has 0 aromatic heterocycles. The predicted octanol–water partition coefficient (Wildman–Crippen LogP) is 7.57. The summed E-state index contributed by atoms with van der Waals surface area (Å²) in [6, 6.07) is 31.4. The highest BCUT2D eigenvalue weighted by Crippen LogP contribution is 2.28. The van der Waals surface area contributed by atoms with Crippen LogP contribution in [0.5, 0.6) is 0 Å². The van der Waals surface area contributed by atoms with Gasteiger partial charge in [-0.1, -0.05) is 79.4 Å². The Hall–Kier alpha value is -2.16. The van der Waals surface area contributed by atoms with Crippen LogP contribution in [-0.2, 0) is 11.8 Å². The second-order valence-corrected chi connectivity index (χ2v) is 8.12. The molecule has 0 unspecified atom stereocenters. The fourth-order valence-electron chi connectivity index (χ4n) is 2.28. The summed E-state index contributed by atoms with van der Waals surface area (Å²) in [5.74, 6) is 0. The molecule has 0 saturated heterocycles. The van der Waals surface area contributed by atoms with Gasteiger partial charge < -0.3 is 0 Å². The summed E-state index contributed by atoms with van der Waals surface area (Å²) in [5, 5.41) is 0. The summed E-state index contributed by atoms with van der Waals surface area (Å²) in [6.07, 6.45) is 7.66. The standard InChI is InChI=1S/C19H20S2.C6H6/c1-3-8-16(9-4-2)20-18-12-14-19(15-13-18)21-17-10-6-5-7-11-17;1-2-4-6-5-3-1/h3,5-15H,4H2,1-2H3;1-6H/p+1/b8-3-,16-9+;. The molecule has 0 aliphatic carbocycles. The minimum atomic E-state index is 1.08. The average molecular weight is 392 g/mol. The van der Waals surface area contributed by atoms with Crippen molar-refractivity contribution in [3.63, 3.8) is 0 Å². The van der Waals surface area contributed by atoms with E-state index in [1.54, 1.807) is 11.8 Å². The highest BCUT2D eigenvalue weighted by atomic mass is 32.2. The Labute approximate surface area is 172 Å². The lowest BCUT2D eigenvalue weighted by molar-refractivity contribution is 1.22. The molecule has 0 aliphatic heterocycles. The first kappa shape index (κ1) is 21.1. The van der Waals surface area contributed by atoms with Crippen molar-refractivity contribution in [1.29, 1.82) is 0 Å². The molecule has 138 valence electrons. The summed E-state index contributed by atoms with van der Waals surface area (Å²) in [7, 11) is 0. The van der Waals surface area contributed by atoms with E-state index in [9.17, 15) is 0 Å². The van der Waals surface area contributed by atoms with Crippen LogP contribution in [0.1, 0.15) is 20.3 Å². The minimum Gasteiger partial charge on any atom is -0.0901 e. The van der Waals surface area contributed by atoms with Gasteiger partial charge in [0, 0.05) is 21.6 Å². The van der Waals surface area contributed by atoms with Gasteiger partial charge in [-0.3, -0.25) is 0 Å². The van der Waals surface area contributed by atoms with Crippen LogP contribution in [0.15, 0.2) is 129 Å². The molecular weight excluding hydrogens is 364 g/mol. The van der Waals surface area contributed by atoms with Crippen LogP contribution in [0.4, 0.5) is 0 Å². The van der Waals surface area contributed by atoms with Crippen LogP contribution < -0.4 is 0 Å². The van der Waals surface area contributed by atoms with Gasteiger partial charge in [0.1, 0.15) is 0 Å². The lowest BCUT2D eigenvalue weighted by Crippen LogP contribution is -1.86. The first-order valence-electron chi connectivity index (χ1n) is 9.19. The summed E-state index contributed by atoms with van der Waals surface area (Å²) >= 11 is 3.08. The summed E-state index contributed by atoms with van der Waals surface area (Å²) in [5.41, 5.74) is 0. The third-order valence-electron chi connectivity index (χ3n) is 3.49. The zero-order valence-corrected chi connectivity index (χ0v) is 17.7. The smallest absolute Gasteiger partial charge is 0.0901 e. The van der Waals surface area contributed by atoms with Crippen molar-refractivity contribution >= 4 is 23.5 Å². The molecule has 0 bridgehead atoms. The number of hydrogen-bond acceptors (Lipinski definition) is 1. The highest BCUT2D eigenvalue weighted by Gasteiger charge is 2.07. The summed E-state index contributed by atoms with van der Waals surface area (Å²) < 4.78 is 0. The fourth-order valence-corrected chi connectivity index (χ4v) is 4.21. The van der Waals surface area contributed by atoms with Gasteiger partial charge in [0.05, 0.1) is 0 Å². The lowest BCUT2D eigenvalue weighted by atomic mass is 10.4. The van der Waals surface area contributed by atoms with Gasteiger partial charge in [0.15, 0.2) is 9.80 Å². The van der Waals surface area contributed by atoms with Crippen molar-refractivity contribution < 1.29 is 0 Å². The number of allylic oxidation sites excluding steroid dienone is 3. The summed E-state index contributed by atoms with van der Waals surface area (Å²) in [6.45, 7) is 4.25. The molecule has 0 heterocycles. The second kappa shape index (κ2) is 13.1. The largest absolute Gasteiger partial charge is 0.158 e. The molecule has 3 aromatic carbocycles. The van der Waals surface area contributed by atoms with Crippen LogP contribution in [0.2, 0.25) is 0 Å². The van der Waals surface area contributed by atoms with Crippen molar-refractivity contribution in [3.05, 3.63) is 114 Å². The van der Waals surface area contributed by atoms with Crippen LogP contribution >= 0.6 is 11.8 Å². The van der Waals surface area contributed by atoms with Crippen LogP contribution in [-0.4, -0.2) is 0 Å². The average Bonchev–Trinajstić information content (AvgIpc) is 2.72. The van der Waals surface area contributed by atoms with Crippen LogP contribution in [0.25, 0.3) is 0 Å². The van der Waals surface area contributed by atoms with E-state index in [-0.39, 0.29) is 0 Å². The number of hydrogen-bond donors (Lipinski definition) is 0. The maximum absolute atomic E-state index is 2.29. The number of benzene rings is 3. The molecule has 0 spiro atoms. The zero-order valence-electron chi connectivity index (χ0n) is 16.0. The molecule has 3 aromatic rings. The van der Waals surface area contributed by atoms with Gasteiger partial charge >= 0.3 is 0 Å². The summed E-state index contributed by atoms with van der Waals surface area (Å²) in [4.78, 5) is 5.27. The third kappa shape index (κ3) is 8.85. The fraction of sp³-hybridized carbons (Fsp3) is 0.120. The van der Waals surface area contributed by atoms with Crippen molar-refractivity contribution in [2.24, 2.45) is 0 Å². The maximum Gasteiger partial charge on any atom is 0.158 e. The van der Waals surface area contributed by atoms with Gasteiger partial charge in [-0.05, 0) is 61.9 Å². The molecule has 3 rings (SSSR count). The monoisotopic (exact) mass is 391 g/mol. The van der Waals surface area contributed by atoms with Crippen molar-refractivity contribution in [1.82, 2.24) is 0 Å². The van der Waals surface area contributed by atoms with Crippen molar-refractivity contribution in [2.75, 3.05) is 0 Å².